The number of para-hydroxylation sites is 1. The lowest BCUT2D eigenvalue weighted by molar-refractivity contribution is -0.140. The lowest BCUT2D eigenvalue weighted by Gasteiger charge is -2.18. The maximum atomic E-state index is 12.3. The Kier molecular flexibility index (Phi) is 6.09. The monoisotopic (exact) mass is 437 g/mol. The van der Waals surface area contributed by atoms with Gasteiger partial charge in [0.15, 0.2) is 6.04 Å². The predicted octanol–water partition coefficient (Wildman–Crippen LogP) is 4.71. The molecule has 2 N–H and O–H groups in total. The molecule has 1 aliphatic carbocycles. The van der Waals surface area contributed by atoms with Crippen molar-refractivity contribution < 1.29 is 24.2 Å². The van der Waals surface area contributed by atoms with Crippen molar-refractivity contribution in [3.8, 4) is 16.9 Å². The van der Waals surface area contributed by atoms with E-state index >= 15 is 0 Å². The average Bonchev–Trinajstić information content (AvgIpc) is 3.10. The molecule has 3 aromatic rings. The first-order chi connectivity index (χ1) is 15.0. The molecule has 0 fully saturated rings. The third-order valence-electron chi connectivity index (χ3n) is 5.18. The van der Waals surface area contributed by atoms with E-state index in [1.54, 1.807) is 24.3 Å². The predicted molar refractivity (Wildman–Crippen MR) is 117 cm³/mol. The van der Waals surface area contributed by atoms with E-state index in [-0.39, 0.29) is 19.1 Å². The van der Waals surface area contributed by atoms with Crippen LogP contribution in [0.25, 0.3) is 11.1 Å². The molecule has 0 unspecified atom stereocenters. The molecule has 0 bridgehead atoms. The fraction of sp³-hybridized carbons (Fsp3) is 0.167. The summed E-state index contributed by atoms with van der Waals surface area (Å²) in [5, 5.41) is 12.1. The number of carboxylic acids is 1. The summed E-state index contributed by atoms with van der Waals surface area (Å²) < 4.78 is 10.9. The summed E-state index contributed by atoms with van der Waals surface area (Å²) in [4.78, 5) is 23.9. The third-order valence-corrected chi connectivity index (χ3v) is 5.49. The Labute approximate surface area is 184 Å². The molecule has 158 valence electrons. The third kappa shape index (κ3) is 4.49. The highest BCUT2D eigenvalue weighted by Crippen LogP contribution is 2.44. The van der Waals surface area contributed by atoms with Crippen LogP contribution in [0.15, 0.2) is 72.8 Å². The van der Waals surface area contributed by atoms with Crippen molar-refractivity contribution in [3.63, 3.8) is 0 Å². The molecule has 31 heavy (non-hydrogen) atoms. The highest BCUT2D eigenvalue weighted by atomic mass is 35.5. The molecule has 3 aromatic carbocycles. The van der Waals surface area contributed by atoms with Crippen LogP contribution in [0.5, 0.6) is 5.75 Å². The molecule has 0 saturated heterocycles. The van der Waals surface area contributed by atoms with Crippen LogP contribution in [-0.4, -0.2) is 36.4 Å². The second-order valence-electron chi connectivity index (χ2n) is 7.10. The smallest absolute Gasteiger partial charge is 0.407 e. The Morgan fingerprint density at radius 2 is 1.52 bits per heavy atom. The van der Waals surface area contributed by atoms with Crippen molar-refractivity contribution in [2.24, 2.45) is 0 Å². The van der Waals surface area contributed by atoms with Crippen LogP contribution >= 0.6 is 11.6 Å². The van der Waals surface area contributed by atoms with Gasteiger partial charge in [0, 0.05) is 5.92 Å². The molecule has 7 heteroatoms. The number of hydrogen-bond acceptors (Lipinski definition) is 4. The normalized spacial score (nSPS) is 13.1. The van der Waals surface area contributed by atoms with Crippen LogP contribution < -0.4 is 10.1 Å². The molecular weight excluding hydrogens is 418 g/mol. The van der Waals surface area contributed by atoms with Crippen LogP contribution in [-0.2, 0) is 9.53 Å². The molecule has 0 aromatic heterocycles. The van der Waals surface area contributed by atoms with Gasteiger partial charge in [-0.05, 0) is 34.4 Å². The summed E-state index contributed by atoms with van der Waals surface area (Å²) in [5.41, 5.74) is 4.38. The number of fused-ring (bicyclic) bond motifs is 3. The van der Waals surface area contributed by atoms with E-state index in [1.807, 2.05) is 48.5 Å². The van der Waals surface area contributed by atoms with Crippen molar-refractivity contribution >= 4 is 23.7 Å². The van der Waals surface area contributed by atoms with Crippen molar-refractivity contribution in [1.82, 2.24) is 5.32 Å². The molecular formula is C24H20ClNO5. The quantitative estimate of drug-likeness (QED) is 0.559. The van der Waals surface area contributed by atoms with Gasteiger partial charge >= 0.3 is 12.1 Å². The fourth-order valence-corrected chi connectivity index (χ4v) is 3.88. The maximum absolute atomic E-state index is 12.3. The van der Waals surface area contributed by atoms with Crippen molar-refractivity contribution in [2.45, 2.75) is 12.0 Å². The molecule has 6 nitrogen and oxygen atoms in total. The molecule has 0 aliphatic heterocycles. The van der Waals surface area contributed by atoms with Gasteiger partial charge in [0.2, 0.25) is 0 Å². The minimum atomic E-state index is -1.29. The van der Waals surface area contributed by atoms with Gasteiger partial charge < -0.3 is 19.9 Å². The SMILES string of the molecule is O=C(N[C@@H](COc1ccccc1Cl)C(=O)O)OCC1c2ccccc2-c2ccccc21. The van der Waals surface area contributed by atoms with E-state index in [2.05, 4.69) is 5.32 Å². The number of nitrogens with one attached hydrogen (secondary N) is 1. The second kappa shape index (κ2) is 9.10. The molecule has 1 amide bonds. The Morgan fingerprint density at radius 3 is 2.13 bits per heavy atom. The van der Waals surface area contributed by atoms with Gasteiger partial charge in [-0.15, -0.1) is 0 Å². The highest BCUT2D eigenvalue weighted by Gasteiger charge is 2.30. The minimum Gasteiger partial charge on any atom is -0.489 e. The minimum absolute atomic E-state index is 0.0948. The molecule has 0 radical (unpaired) electrons. The number of ether oxygens (including phenoxy) is 2. The summed E-state index contributed by atoms with van der Waals surface area (Å²) in [6.45, 7) is -0.194. The number of hydrogen-bond donors (Lipinski definition) is 2. The van der Waals surface area contributed by atoms with E-state index in [9.17, 15) is 14.7 Å². The summed E-state index contributed by atoms with van der Waals surface area (Å²) in [6.07, 6.45) is -0.822. The van der Waals surface area contributed by atoms with E-state index in [0.29, 0.717) is 10.8 Å². The summed E-state index contributed by atoms with van der Waals surface area (Å²) in [5.74, 6) is -1.01. The summed E-state index contributed by atoms with van der Waals surface area (Å²) in [6, 6.07) is 21.4. The van der Waals surface area contributed by atoms with Crippen LogP contribution in [0.1, 0.15) is 17.0 Å². The van der Waals surface area contributed by atoms with Crippen molar-refractivity contribution in [2.75, 3.05) is 13.2 Å². The number of aliphatic carboxylic acids is 1. The lowest BCUT2D eigenvalue weighted by Crippen LogP contribution is -2.45. The van der Waals surface area contributed by atoms with Gasteiger partial charge in [-0.25, -0.2) is 9.59 Å². The molecule has 1 atom stereocenters. The van der Waals surface area contributed by atoms with Crippen LogP contribution in [0.4, 0.5) is 4.79 Å². The zero-order valence-electron chi connectivity index (χ0n) is 16.5. The number of rotatable bonds is 7. The Hall–Kier alpha value is -3.51. The molecule has 0 spiro atoms. The Balaban J connectivity index is 1.39. The zero-order valence-corrected chi connectivity index (χ0v) is 17.2. The number of benzene rings is 3. The first-order valence-electron chi connectivity index (χ1n) is 9.76. The van der Waals surface area contributed by atoms with Gasteiger partial charge in [0.1, 0.15) is 19.0 Å². The van der Waals surface area contributed by atoms with Crippen LogP contribution in [0, 0.1) is 0 Å². The number of amides is 1. The van der Waals surface area contributed by atoms with Gasteiger partial charge in [0.25, 0.3) is 0 Å². The molecule has 0 saturated carbocycles. The van der Waals surface area contributed by atoms with E-state index in [4.69, 9.17) is 21.1 Å². The summed E-state index contributed by atoms with van der Waals surface area (Å²) >= 11 is 6.01. The Morgan fingerprint density at radius 1 is 0.935 bits per heavy atom. The highest BCUT2D eigenvalue weighted by molar-refractivity contribution is 6.32. The topological polar surface area (TPSA) is 84.9 Å². The molecule has 4 rings (SSSR count). The van der Waals surface area contributed by atoms with Crippen LogP contribution in [0.2, 0.25) is 5.02 Å². The number of carbonyl (C=O) groups excluding carboxylic acids is 1. The zero-order chi connectivity index (χ0) is 21.8. The number of alkyl carbamates (subject to hydrolysis) is 1. The van der Waals surface area contributed by atoms with Gasteiger partial charge in [-0.2, -0.15) is 0 Å². The largest absolute Gasteiger partial charge is 0.489 e. The summed E-state index contributed by atoms with van der Waals surface area (Å²) in [7, 11) is 0. The van der Waals surface area contributed by atoms with Crippen LogP contribution in [0.3, 0.4) is 0 Å². The lowest BCUT2D eigenvalue weighted by atomic mass is 9.98. The maximum Gasteiger partial charge on any atom is 0.407 e. The van der Waals surface area contributed by atoms with E-state index in [1.165, 1.54) is 0 Å². The first-order valence-corrected chi connectivity index (χ1v) is 10.1. The molecule has 1 aliphatic rings. The van der Waals surface area contributed by atoms with Gasteiger partial charge in [-0.1, -0.05) is 72.3 Å². The van der Waals surface area contributed by atoms with Gasteiger partial charge in [-0.3, -0.25) is 0 Å². The fourth-order valence-electron chi connectivity index (χ4n) is 3.69. The number of carboxylic acid groups (broad SMARTS) is 1. The van der Waals surface area contributed by atoms with Crippen molar-refractivity contribution in [1.29, 1.82) is 0 Å². The number of carbonyl (C=O) groups is 2. The van der Waals surface area contributed by atoms with Gasteiger partial charge in [0.05, 0.1) is 5.02 Å². The standard InChI is InChI=1S/C24H20ClNO5/c25-20-11-5-6-12-22(20)30-14-21(23(27)28)26-24(29)31-13-19-17-9-3-1-7-15(17)16-8-2-4-10-18(16)19/h1-12,19,21H,13-14H2,(H,26,29)(H,27,28)/t21-/m0/s1. The average molecular weight is 438 g/mol. The number of halogens is 1. The second-order valence-corrected chi connectivity index (χ2v) is 7.51. The Bertz CT molecular complexity index is 1070. The molecule has 0 heterocycles. The van der Waals surface area contributed by atoms with Crippen molar-refractivity contribution in [3.05, 3.63) is 88.9 Å². The van der Waals surface area contributed by atoms with E-state index < -0.39 is 18.1 Å². The van der Waals surface area contributed by atoms with E-state index in [0.717, 1.165) is 22.3 Å². The first kappa shape index (κ1) is 20.8.